The van der Waals surface area contributed by atoms with E-state index in [0.717, 1.165) is 43.4 Å². The van der Waals surface area contributed by atoms with Crippen molar-refractivity contribution in [3.8, 4) is 17.2 Å². The van der Waals surface area contributed by atoms with Crippen LogP contribution in [0, 0.1) is 5.92 Å². The van der Waals surface area contributed by atoms with E-state index in [9.17, 15) is 14.7 Å². The second-order valence-electron chi connectivity index (χ2n) is 11.6. The number of nitrogens with zero attached hydrogens (tertiary/aromatic N) is 1. The van der Waals surface area contributed by atoms with Crippen LogP contribution in [0.3, 0.4) is 0 Å². The summed E-state index contributed by atoms with van der Waals surface area (Å²) in [7, 11) is 3.81. The van der Waals surface area contributed by atoms with Gasteiger partial charge in [-0.05, 0) is 66.0 Å². The molecule has 35 heavy (non-hydrogen) atoms. The van der Waals surface area contributed by atoms with Gasteiger partial charge in [0.05, 0.1) is 13.5 Å². The fourth-order valence-corrected chi connectivity index (χ4v) is 7.18. The molecule has 1 spiro atoms. The molecule has 2 heterocycles. The first-order chi connectivity index (χ1) is 16.5. The van der Waals surface area contributed by atoms with Gasteiger partial charge in [0.25, 0.3) is 0 Å². The van der Waals surface area contributed by atoms with Crippen molar-refractivity contribution in [2.45, 2.75) is 88.1 Å². The second kappa shape index (κ2) is 8.27. The summed E-state index contributed by atoms with van der Waals surface area (Å²) in [6, 6.07) is 0.915. The van der Waals surface area contributed by atoms with Crippen molar-refractivity contribution in [1.82, 2.24) is 10.2 Å². The summed E-state index contributed by atoms with van der Waals surface area (Å²) >= 11 is 0. The van der Waals surface area contributed by atoms with Gasteiger partial charge in [-0.25, -0.2) is 0 Å². The molecule has 6 atom stereocenters. The number of benzene rings is 1. The summed E-state index contributed by atoms with van der Waals surface area (Å²) in [4.78, 5) is 27.3. The van der Waals surface area contributed by atoms with Crippen LogP contribution in [0.4, 0.5) is 0 Å². The van der Waals surface area contributed by atoms with E-state index in [-0.39, 0.29) is 29.7 Å². The largest absolute Gasteiger partial charge is 0.504 e. The third-order valence-electron chi connectivity index (χ3n) is 8.41. The molecule has 1 amide bonds. The van der Waals surface area contributed by atoms with Crippen LogP contribution < -0.4 is 20.5 Å². The molecule has 1 saturated heterocycles. The molecular formula is C26H37N3O6. The fourth-order valence-electron chi connectivity index (χ4n) is 7.18. The molecule has 1 aromatic carbocycles. The number of carbonyl (C=O) groups excluding carboxylic acids is 2. The number of likely N-dealkylation sites (N-methyl/N-ethyl adjacent to an activating group) is 1. The number of aromatic hydroxyl groups is 1. The molecule has 1 saturated carbocycles. The number of hydrogen-bond acceptors (Lipinski definition) is 8. The molecule has 0 radical (unpaired) electrons. The van der Waals surface area contributed by atoms with Crippen LogP contribution in [-0.4, -0.2) is 72.4 Å². The summed E-state index contributed by atoms with van der Waals surface area (Å²) < 4.78 is 17.9. The van der Waals surface area contributed by atoms with Crippen LogP contribution in [0.15, 0.2) is 6.07 Å². The quantitative estimate of drug-likeness (QED) is 0.517. The number of hydrogen-bond donors (Lipinski definition) is 3. The van der Waals surface area contributed by atoms with Crippen molar-refractivity contribution in [2.24, 2.45) is 11.7 Å². The normalized spacial score (nSPS) is 31.8. The number of methoxy groups -OCH3 is 1. The molecule has 0 unspecified atom stereocenters. The molecular weight excluding hydrogens is 450 g/mol. The SMILES string of the molecule is COc1cc(O)c2c3c1C[C@@H]1[C@@H]4CC[C@H](N[C@@H](CC(N)=O)C(=O)OC(C)(C)C)[C@H](O2)[C@]34CCN1C. The Balaban J connectivity index is 1.54. The summed E-state index contributed by atoms with van der Waals surface area (Å²) in [6.07, 6.45) is 3.01. The Morgan fingerprint density at radius 3 is 2.77 bits per heavy atom. The summed E-state index contributed by atoms with van der Waals surface area (Å²) in [5, 5.41) is 14.3. The first kappa shape index (κ1) is 24.2. The minimum Gasteiger partial charge on any atom is -0.504 e. The second-order valence-corrected chi connectivity index (χ2v) is 11.6. The molecule has 192 valence electrons. The highest BCUT2D eigenvalue weighted by Crippen LogP contribution is 2.65. The molecule has 2 aliphatic carbocycles. The zero-order valence-electron chi connectivity index (χ0n) is 21.2. The first-order valence-electron chi connectivity index (χ1n) is 12.5. The van der Waals surface area contributed by atoms with Gasteiger partial charge >= 0.3 is 5.97 Å². The summed E-state index contributed by atoms with van der Waals surface area (Å²) in [6.45, 7) is 6.31. The smallest absolute Gasteiger partial charge is 0.324 e. The molecule has 1 aromatic rings. The van der Waals surface area contributed by atoms with Gasteiger partial charge in [-0.3, -0.25) is 14.9 Å². The average molecular weight is 488 g/mol. The van der Waals surface area contributed by atoms with Crippen LogP contribution >= 0.6 is 0 Å². The zero-order chi connectivity index (χ0) is 25.3. The Morgan fingerprint density at radius 1 is 1.37 bits per heavy atom. The van der Waals surface area contributed by atoms with E-state index >= 15 is 0 Å². The van der Waals surface area contributed by atoms with Gasteiger partial charge in [0.15, 0.2) is 11.5 Å². The molecule has 5 rings (SSSR count). The van der Waals surface area contributed by atoms with Gasteiger partial charge in [-0.15, -0.1) is 0 Å². The number of amides is 1. The topological polar surface area (TPSA) is 123 Å². The number of rotatable bonds is 6. The average Bonchev–Trinajstić information content (AvgIpc) is 3.11. The Kier molecular flexibility index (Phi) is 5.71. The van der Waals surface area contributed by atoms with Crippen molar-refractivity contribution in [3.63, 3.8) is 0 Å². The van der Waals surface area contributed by atoms with E-state index in [1.54, 1.807) is 33.9 Å². The van der Waals surface area contributed by atoms with Gasteiger partial charge in [0.2, 0.25) is 5.91 Å². The van der Waals surface area contributed by atoms with Gasteiger partial charge in [-0.1, -0.05) is 0 Å². The molecule has 2 fully saturated rings. The summed E-state index contributed by atoms with van der Waals surface area (Å²) in [5.41, 5.74) is 6.70. The molecule has 4 aliphatic rings. The standard InChI is InChI=1S/C26H37N3O6/c1-25(2,3)35-24(32)16(11-20(27)31)28-15-7-6-14-17-10-13-19(33-5)12-18(30)22-21(13)26(14,23(15)34-22)8-9-29(17)4/h12,14-17,23,28,30H,6-11H2,1-5H3,(H2,27,31)/t14-,15-,16-,17+,23-,26-/m0/s1. The first-order valence-corrected chi connectivity index (χ1v) is 12.5. The van der Waals surface area contributed by atoms with Crippen LogP contribution in [0.5, 0.6) is 17.2 Å². The number of phenols is 1. The molecule has 9 heteroatoms. The van der Waals surface area contributed by atoms with E-state index in [1.807, 2.05) is 0 Å². The van der Waals surface area contributed by atoms with Crippen LogP contribution in [0.1, 0.15) is 57.6 Å². The van der Waals surface area contributed by atoms with E-state index in [2.05, 4.69) is 17.3 Å². The fraction of sp³-hybridized carbons (Fsp3) is 0.692. The summed E-state index contributed by atoms with van der Waals surface area (Å²) in [5.74, 6) is 0.607. The molecule has 2 aliphatic heterocycles. The number of phenolic OH excluding ortho intramolecular Hbond substituents is 1. The van der Waals surface area contributed by atoms with E-state index in [0.29, 0.717) is 23.5 Å². The minimum absolute atomic E-state index is 0.0834. The van der Waals surface area contributed by atoms with E-state index < -0.39 is 23.5 Å². The predicted octanol–water partition coefficient (Wildman–Crippen LogP) is 1.61. The number of ether oxygens (including phenoxy) is 3. The van der Waals surface area contributed by atoms with E-state index in [4.69, 9.17) is 19.9 Å². The van der Waals surface area contributed by atoms with E-state index in [1.165, 1.54) is 0 Å². The van der Waals surface area contributed by atoms with Crippen molar-refractivity contribution in [2.75, 3.05) is 20.7 Å². The molecule has 9 nitrogen and oxygen atoms in total. The van der Waals surface area contributed by atoms with Gasteiger partial charge in [0, 0.05) is 34.7 Å². The monoisotopic (exact) mass is 487 g/mol. The predicted molar refractivity (Wildman–Crippen MR) is 129 cm³/mol. The van der Waals surface area contributed by atoms with Crippen LogP contribution in [-0.2, 0) is 26.2 Å². The van der Waals surface area contributed by atoms with Crippen molar-refractivity contribution < 1.29 is 28.9 Å². The minimum atomic E-state index is -0.870. The number of nitrogens with one attached hydrogen (secondary N) is 1. The van der Waals surface area contributed by atoms with Gasteiger partial charge in [-0.2, -0.15) is 0 Å². The maximum absolute atomic E-state index is 13.0. The molecule has 2 bridgehead atoms. The lowest BCUT2D eigenvalue weighted by atomic mass is 9.51. The Bertz CT molecular complexity index is 1050. The molecule has 4 N–H and O–H groups in total. The van der Waals surface area contributed by atoms with Gasteiger partial charge in [0.1, 0.15) is 23.5 Å². The third kappa shape index (κ3) is 3.74. The lowest BCUT2D eigenvalue weighted by Crippen LogP contribution is -2.69. The molecule has 0 aromatic heterocycles. The Hall–Kier alpha value is -2.52. The lowest BCUT2D eigenvalue weighted by Gasteiger charge is -2.59. The van der Waals surface area contributed by atoms with Crippen LogP contribution in [0.25, 0.3) is 0 Å². The Labute approximate surface area is 206 Å². The lowest BCUT2D eigenvalue weighted by molar-refractivity contribution is -0.159. The van der Waals surface area contributed by atoms with Crippen molar-refractivity contribution in [3.05, 3.63) is 17.2 Å². The highest BCUT2D eigenvalue weighted by Gasteiger charge is 2.66. The maximum atomic E-state index is 13.0. The number of piperidine rings is 1. The van der Waals surface area contributed by atoms with Crippen molar-refractivity contribution >= 4 is 11.9 Å². The number of esters is 1. The maximum Gasteiger partial charge on any atom is 0.324 e. The van der Waals surface area contributed by atoms with Crippen LogP contribution in [0.2, 0.25) is 0 Å². The highest BCUT2D eigenvalue weighted by molar-refractivity contribution is 5.84. The highest BCUT2D eigenvalue weighted by atomic mass is 16.6. The zero-order valence-corrected chi connectivity index (χ0v) is 21.2. The number of primary amides is 1. The number of nitrogens with two attached hydrogens (primary N) is 1. The van der Waals surface area contributed by atoms with Gasteiger partial charge < -0.3 is 30.0 Å². The van der Waals surface area contributed by atoms with Crippen molar-refractivity contribution in [1.29, 1.82) is 0 Å². The third-order valence-corrected chi connectivity index (χ3v) is 8.41. The number of likely N-dealkylation sites (tertiary alicyclic amines) is 1. The Morgan fingerprint density at radius 2 is 2.11 bits per heavy atom. The number of carbonyl (C=O) groups is 2.